The number of hydrogen-bond acceptors (Lipinski definition) is 2. The normalized spacial score (nSPS) is 22.1. The molecule has 4 aromatic carbocycles. The largest absolute Gasteiger partial charge is 0.392 e. The molecule has 6 rings (SSSR count). The van der Waals surface area contributed by atoms with Crippen molar-refractivity contribution in [3.05, 3.63) is 144 Å². The Labute approximate surface area is 221 Å². The minimum atomic E-state index is -0.472. The summed E-state index contributed by atoms with van der Waals surface area (Å²) in [5.41, 5.74) is 4.54. The third-order valence-electron chi connectivity index (χ3n) is 9.15. The van der Waals surface area contributed by atoms with Gasteiger partial charge in [-0.05, 0) is 59.8 Å². The van der Waals surface area contributed by atoms with Gasteiger partial charge in [0.15, 0.2) is 0 Å². The van der Waals surface area contributed by atoms with Gasteiger partial charge in [-0.25, -0.2) is 0 Å². The van der Waals surface area contributed by atoms with Crippen molar-refractivity contribution in [2.45, 2.75) is 31.8 Å². The second-order valence-corrected chi connectivity index (χ2v) is 11.3. The van der Waals surface area contributed by atoms with E-state index in [0.717, 1.165) is 25.7 Å². The summed E-state index contributed by atoms with van der Waals surface area (Å²) in [6, 6.07) is 43.1. The van der Waals surface area contributed by atoms with Crippen LogP contribution >= 0.6 is 0 Å². The zero-order valence-corrected chi connectivity index (χ0v) is 21.4. The second-order valence-electron chi connectivity index (χ2n) is 11.3. The van der Waals surface area contributed by atoms with Gasteiger partial charge in [-0.15, -0.1) is 0 Å². The molecule has 0 bridgehead atoms. The van der Waals surface area contributed by atoms with E-state index in [1.165, 1.54) is 22.3 Å². The van der Waals surface area contributed by atoms with Gasteiger partial charge in [0.1, 0.15) is 0 Å². The number of fused-ring (bicyclic) bond motifs is 1. The third-order valence-corrected chi connectivity index (χ3v) is 9.15. The number of aliphatic hydroxyl groups is 1. The van der Waals surface area contributed by atoms with Crippen molar-refractivity contribution in [3.63, 3.8) is 0 Å². The number of ether oxygens (including phenoxy) is 1. The van der Waals surface area contributed by atoms with Crippen LogP contribution in [-0.2, 0) is 30.4 Å². The summed E-state index contributed by atoms with van der Waals surface area (Å²) >= 11 is 0. The Morgan fingerprint density at radius 3 is 1.03 bits per heavy atom. The molecule has 188 valence electrons. The van der Waals surface area contributed by atoms with E-state index in [0.29, 0.717) is 13.2 Å². The topological polar surface area (TPSA) is 29.5 Å². The lowest BCUT2D eigenvalue weighted by atomic mass is 9.64. The minimum absolute atomic E-state index is 0.287. The highest BCUT2D eigenvalue weighted by Crippen LogP contribution is 2.63. The summed E-state index contributed by atoms with van der Waals surface area (Å²) in [6.07, 6.45) is 2.92. The molecule has 4 aromatic rings. The number of rotatable bonds is 8. The second kappa shape index (κ2) is 10.3. The van der Waals surface area contributed by atoms with Crippen molar-refractivity contribution in [1.82, 2.24) is 0 Å². The van der Waals surface area contributed by atoms with Gasteiger partial charge in [-0.3, -0.25) is 0 Å². The molecule has 37 heavy (non-hydrogen) atoms. The first-order chi connectivity index (χ1) is 18.2. The Morgan fingerprint density at radius 2 is 0.757 bits per heavy atom. The molecule has 1 saturated carbocycles. The highest BCUT2D eigenvalue weighted by atomic mass is 16.5. The molecule has 2 heteroatoms. The predicted octanol–water partition coefficient (Wildman–Crippen LogP) is 6.57. The summed E-state index contributed by atoms with van der Waals surface area (Å²) in [4.78, 5) is 0. The maximum Gasteiger partial charge on any atom is 0.0672 e. The number of hydrogen-bond donors (Lipinski definition) is 1. The lowest BCUT2D eigenvalue weighted by Gasteiger charge is -2.43. The quantitative estimate of drug-likeness (QED) is 0.304. The molecule has 2 nitrogen and oxygen atoms in total. The van der Waals surface area contributed by atoms with Crippen LogP contribution in [0.4, 0.5) is 0 Å². The molecule has 1 heterocycles. The molecular formula is C35H36O2. The standard InChI is InChI=1S/C35H36O2/c36-33-34(21-27-13-5-1-6-14-27,22-28-15-7-2-8-16-28)31-25-37-26-32(31)35(33,23-29-17-9-3-10-18-29)24-30-19-11-4-12-20-30/h1-20,31-33,36H,21-26H2/t31-,32-/m1/s1. The van der Waals surface area contributed by atoms with Crippen molar-refractivity contribution >= 4 is 0 Å². The van der Waals surface area contributed by atoms with E-state index in [-0.39, 0.29) is 22.7 Å². The zero-order valence-electron chi connectivity index (χ0n) is 21.4. The lowest BCUT2D eigenvalue weighted by Crippen LogP contribution is -2.48. The van der Waals surface area contributed by atoms with E-state index < -0.39 is 6.10 Å². The van der Waals surface area contributed by atoms with Gasteiger partial charge in [0.25, 0.3) is 0 Å². The molecule has 1 aliphatic heterocycles. The Bertz CT molecular complexity index is 1090. The maximum absolute atomic E-state index is 12.8. The number of aliphatic hydroxyl groups excluding tert-OH is 1. The molecule has 0 radical (unpaired) electrons. The molecule has 0 amide bonds. The van der Waals surface area contributed by atoms with Crippen LogP contribution in [0.2, 0.25) is 0 Å². The van der Waals surface area contributed by atoms with Crippen LogP contribution in [0.5, 0.6) is 0 Å². The Kier molecular flexibility index (Phi) is 6.71. The summed E-state index contributed by atoms with van der Waals surface area (Å²) in [5, 5.41) is 12.8. The summed E-state index contributed by atoms with van der Waals surface area (Å²) in [5.74, 6) is 0.575. The van der Waals surface area contributed by atoms with Crippen LogP contribution in [0.1, 0.15) is 22.3 Å². The third kappa shape index (κ3) is 4.54. The maximum atomic E-state index is 12.8. The average Bonchev–Trinajstić information content (AvgIpc) is 3.50. The van der Waals surface area contributed by atoms with Gasteiger partial charge in [-0.2, -0.15) is 0 Å². The van der Waals surface area contributed by atoms with Crippen molar-refractivity contribution in [1.29, 1.82) is 0 Å². The first-order valence-electron chi connectivity index (χ1n) is 13.6. The van der Waals surface area contributed by atoms with Crippen LogP contribution in [0, 0.1) is 22.7 Å². The number of benzene rings is 4. The van der Waals surface area contributed by atoms with Crippen molar-refractivity contribution in [3.8, 4) is 0 Å². The first kappa shape index (κ1) is 24.2. The van der Waals surface area contributed by atoms with Gasteiger partial charge in [-0.1, -0.05) is 121 Å². The van der Waals surface area contributed by atoms with Crippen LogP contribution in [0.25, 0.3) is 0 Å². The fourth-order valence-corrected chi connectivity index (χ4v) is 7.61. The van der Waals surface area contributed by atoms with Gasteiger partial charge in [0.05, 0.1) is 19.3 Å². The van der Waals surface area contributed by atoms with Crippen LogP contribution in [0.3, 0.4) is 0 Å². The van der Waals surface area contributed by atoms with Gasteiger partial charge >= 0.3 is 0 Å². The van der Waals surface area contributed by atoms with Gasteiger partial charge in [0.2, 0.25) is 0 Å². The van der Waals surface area contributed by atoms with Crippen molar-refractivity contribution < 1.29 is 9.84 Å². The summed E-state index contributed by atoms with van der Waals surface area (Å²) in [6.45, 7) is 1.43. The highest BCUT2D eigenvalue weighted by Gasteiger charge is 2.67. The van der Waals surface area contributed by atoms with Crippen molar-refractivity contribution in [2.75, 3.05) is 13.2 Å². The highest BCUT2D eigenvalue weighted by molar-refractivity contribution is 5.31. The zero-order chi connectivity index (χ0) is 25.1. The molecule has 2 atom stereocenters. The molecule has 0 spiro atoms. The van der Waals surface area contributed by atoms with E-state index in [4.69, 9.17) is 4.74 Å². The van der Waals surface area contributed by atoms with E-state index in [9.17, 15) is 5.11 Å². The Balaban J connectivity index is 1.50. The monoisotopic (exact) mass is 488 g/mol. The molecule has 1 N–H and O–H groups in total. The smallest absolute Gasteiger partial charge is 0.0672 e. The van der Waals surface area contributed by atoms with Crippen LogP contribution < -0.4 is 0 Å². The average molecular weight is 489 g/mol. The van der Waals surface area contributed by atoms with Gasteiger partial charge in [0, 0.05) is 10.8 Å². The molecule has 2 fully saturated rings. The van der Waals surface area contributed by atoms with E-state index in [1.807, 2.05) is 0 Å². The first-order valence-corrected chi connectivity index (χ1v) is 13.6. The van der Waals surface area contributed by atoms with E-state index >= 15 is 0 Å². The lowest BCUT2D eigenvalue weighted by molar-refractivity contribution is -0.0589. The van der Waals surface area contributed by atoms with Crippen molar-refractivity contribution in [2.24, 2.45) is 22.7 Å². The van der Waals surface area contributed by atoms with E-state index in [2.05, 4.69) is 121 Å². The molecule has 0 unspecified atom stereocenters. The van der Waals surface area contributed by atoms with Crippen LogP contribution in [0.15, 0.2) is 121 Å². The summed E-state index contributed by atoms with van der Waals surface area (Å²) < 4.78 is 6.31. The molecule has 1 saturated heterocycles. The molecule has 2 aliphatic rings. The summed E-state index contributed by atoms with van der Waals surface area (Å²) in [7, 11) is 0. The molecule has 0 aromatic heterocycles. The van der Waals surface area contributed by atoms with Crippen LogP contribution in [-0.4, -0.2) is 24.4 Å². The fraction of sp³-hybridized carbons (Fsp3) is 0.314. The Morgan fingerprint density at radius 1 is 0.486 bits per heavy atom. The predicted molar refractivity (Wildman–Crippen MR) is 149 cm³/mol. The van der Waals surface area contributed by atoms with Gasteiger partial charge < -0.3 is 9.84 Å². The SMILES string of the molecule is OC1C(Cc2ccccc2)(Cc2ccccc2)[C@@H]2COC[C@H]2C1(Cc1ccccc1)Cc1ccccc1. The molecule has 1 aliphatic carbocycles. The fourth-order valence-electron chi connectivity index (χ4n) is 7.61. The van der Waals surface area contributed by atoms with E-state index in [1.54, 1.807) is 0 Å². The molecular weight excluding hydrogens is 452 g/mol. The Hall–Kier alpha value is -3.20. The minimum Gasteiger partial charge on any atom is -0.392 e.